The first kappa shape index (κ1) is 28.3. The Kier molecular flexibility index (Phi) is 9.55. The molecule has 1 aliphatic rings. The lowest BCUT2D eigenvalue weighted by Gasteiger charge is -2.43. The summed E-state index contributed by atoms with van der Waals surface area (Å²) in [5.74, 6) is -2.18. The van der Waals surface area contributed by atoms with E-state index in [0.717, 1.165) is 26.3 Å². The number of nitrogens with zero attached hydrogens (tertiary/aromatic N) is 2. The van der Waals surface area contributed by atoms with Gasteiger partial charge in [0.1, 0.15) is 18.5 Å². The molecule has 0 saturated carbocycles. The minimum atomic E-state index is -1.41. The minimum Gasteiger partial charge on any atom is -0.497 e. The Morgan fingerprint density at radius 2 is 1.37 bits per heavy atom. The predicted molar refractivity (Wildman–Crippen MR) is 127 cm³/mol. The number of aromatic nitrogens is 2. The van der Waals surface area contributed by atoms with E-state index >= 15 is 0 Å². The number of carbonyl (C=O) groups is 4. The largest absolute Gasteiger partial charge is 0.497 e. The molecule has 3 rings (SSSR count). The first-order valence-corrected chi connectivity index (χ1v) is 11.5. The molecule has 38 heavy (non-hydrogen) atoms. The Hall–Kier alpha value is -4.26. The molecule has 0 N–H and O–H groups in total. The molecule has 0 radical (unpaired) electrons. The van der Waals surface area contributed by atoms with E-state index in [-0.39, 0.29) is 12.5 Å². The van der Waals surface area contributed by atoms with E-state index in [1.165, 1.54) is 13.0 Å². The highest BCUT2D eigenvalue weighted by Crippen LogP contribution is 2.31. The van der Waals surface area contributed by atoms with Crippen LogP contribution in [0.2, 0.25) is 0 Å². The highest BCUT2D eigenvalue weighted by Gasteiger charge is 2.53. The Labute approximate surface area is 218 Å². The standard InChI is InChI=1S/C25H28N2O11/c1-13(28)33-12-20-22(34-14(2)29)23(35-15(3)30)24(36-16(4)31)25(37-20)38-21-11-10-19(26-27-21)17-6-8-18(32-5)9-7-17/h6-11,20,22-25H,12H2,1-5H3/t20-,22-,23+,24-,25+/m1/s1. The summed E-state index contributed by atoms with van der Waals surface area (Å²) in [6, 6.07) is 10.3. The summed E-state index contributed by atoms with van der Waals surface area (Å²) in [4.78, 5) is 47.1. The summed E-state index contributed by atoms with van der Waals surface area (Å²) in [7, 11) is 1.56. The first-order chi connectivity index (χ1) is 18.1. The van der Waals surface area contributed by atoms with Crippen LogP contribution in [-0.2, 0) is 42.9 Å². The maximum absolute atomic E-state index is 11.9. The van der Waals surface area contributed by atoms with Crippen LogP contribution in [0.5, 0.6) is 11.6 Å². The van der Waals surface area contributed by atoms with Crippen molar-refractivity contribution in [2.75, 3.05) is 13.7 Å². The highest BCUT2D eigenvalue weighted by molar-refractivity contribution is 5.68. The second kappa shape index (κ2) is 12.8. The topological polar surface area (TPSA) is 159 Å². The van der Waals surface area contributed by atoms with Gasteiger partial charge in [0.25, 0.3) is 0 Å². The van der Waals surface area contributed by atoms with E-state index in [1.54, 1.807) is 25.3 Å². The van der Waals surface area contributed by atoms with Crippen molar-refractivity contribution < 1.29 is 52.3 Å². The van der Waals surface area contributed by atoms with Crippen molar-refractivity contribution in [3.05, 3.63) is 36.4 Å². The molecular weight excluding hydrogens is 504 g/mol. The number of hydrogen-bond donors (Lipinski definition) is 0. The van der Waals surface area contributed by atoms with Crippen molar-refractivity contribution in [2.45, 2.75) is 58.4 Å². The third-order valence-corrected chi connectivity index (χ3v) is 5.21. The van der Waals surface area contributed by atoms with Gasteiger partial charge in [-0.1, -0.05) is 0 Å². The number of ether oxygens (including phenoxy) is 7. The molecule has 0 amide bonds. The van der Waals surface area contributed by atoms with Crippen molar-refractivity contribution in [1.82, 2.24) is 10.2 Å². The van der Waals surface area contributed by atoms with E-state index in [9.17, 15) is 19.2 Å². The van der Waals surface area contributed by atoms with Crippen LogP contribution in [0.15, 0.2) is 36.4 Å². The van der Waals surface area contributed by atoms with Gasteiger partial charge in [0.2, 0.25) is 18.3 Å². The summed E-state index contributed by atoms with van der Waals surface area (Å²) >= 11 is 0. The average Bonchev–Trinajstić information content (AvgIpc) is 2.86. The number of benzene rings is 1. The number of hydrogen-bond acceptors (Lipinski definition) is 13. The SMILES string of the molecule is COc1ccc(-c2ccc(O[C@@H]3O[C@H](COC(C)=O)[C@@H](OC(C)=O)[C@H](OC(C)=O)[C@H]3OC(C)=O)nn2)cc1. The number of esters is 4. The van der Waals surface area contributed by atoms with E-state index in [1.807, 2.05) is 12.1 Å². The van der Waals surface area contributed by atoms with Crippen LogP contribution in [0.25, 0.3) is 11.3 Å². The van der Waals surface area contributed by atoms with Gasteiger partial charge in [0, 0.05) is 39.3 Å². The molecule has 5 atom stereocenters. The smallest absolute Gasteiger partial charge is 0.303 e. The van der Waals surface area contributed by atoms with Gasteiger partial charge in [-0.3, -0.25) is 19.2 Å². The second-order valence-electron chi connectivity index (χ2n) is 8.17. The monoisotopic (exact) mass is 532 g/mol. The van der Waals surface area contributed by atoms with Crippen molar-refractivity contribution in [2.24, 2.45) is 0 Å². The summed E-state index contributed by atoms with van der Waals surface area (Å²) in [5.41, 5.74) is 1.32. The fourth-order valence-corrected chi connectivity index (χ4v) is 3.70. The van der Waals surface area contributed by atoms with Crippen LogP contribution in [0.3, 0.4) is 0 Å². The molecule has 13 nitrogen and oxygen atoms in total. The Bertz CT molecular complexity index is 1140. The van der Waals surface area contributed by atoms with Crippen molar-refractivity contribution >= 4 is 23.9 Å². The van der Waals surface area contributed by atoms with Gasteiger partial charge >= 0.3 is 23.9 Å². The Balaban J connectivity index is 1.91. The van der Waals surface area contributed by atoms with Crippen LogP contribution in [0.4, 0.5) is 0 Å². The van der Waals surface area contributed by atoms with Gasteiger partial charge in [0.05, 0.1) is 12.8 Å². The maximum atomic E-state index is 11.9. The molecule has 1 aromatic carbocycles. The minimum absolute atomic E-state index is 0.0110. The van der Waals surface area contributed by atoms with Crippen LogP contribution in [0.1, 0.15) is 27.7 Å². The fourth-order valence-electron chi connectivity index (χ4n) is 3.70. The quantitative estimate of drug-likeness (QED) is 0.339. The average molecular weight is 533 g/mol. The van der Waals surface area contributed by atoms with Crippen LogP contribution in [-0.4, -0.2) is 78.5 Å². The van der Waals surface area contributed by atoms with Crippen molar-refractivity contribution in [1.29, 1.82) is 0 Å². The molecule has 0 aliphatic carbocycles. The van der Waals surface area contributed by atoms with Gasteiger partial charge in [0.15, 0.2) is 12.2 Å². The number of carbonyl (C=O) groups excluding carboxylic acids is 4. The molecule has 13 heteroatoms. The molecule has 1 fully saturated rings. The van der Waals surface area contributed by atoms with Gasteiger partial charge in [-0.2, -0.15) is 0 Å². The molecule has 2 aromatic rings. The summed E-state index contributed by atoms with van der Waals surface area (Å²) in [6.45, 7) is 4.21. The highest BCUT2D eigenvalue weighted by atomic mass is 16.7. The van der Waals surface area contributed by atoms with Crippen molar-refractivity contribution in [3.8, 4) is 22.9 Å². The van der Waals surface area contributed by atoms with Crippen LogP contribution >= 0.6 is 0 Å². The maximum Gasteiger partial charge on any atom is 0.303 e. The van der Waals surface area contributed by atoms with E-state index in [0.29, 0.717) is 11.4 Å². The lowest BCUT2D eigenvalue weighted by molar-refractivity contribution is -0.289. The zero-order chi connectivity index (χ0) is 27.8. The first-order valence-electron chi connectivity index (χ1n) is 11.5. The summed E-state index contributed by atoms with van der Waals surface area (Å²) in [5, 5.41) is 8.21. The zero-order valence-corrected chi connectivity index (χ0v) is 21.4. The Morgan fingerprint density at radius 1 is 0.763 bits per heavy atom. The summed E-state index contributed by atoms with van der Waals surface area (Å²) < 4.78 is 38.0. The number of rotatable bonds is 9. The molecule has 204 valence electrons. The van der Waals surface area contributed by atoms with Gasteiger partial charge in [-0.05, 0) is 30.3 Å². The zero-order valence-electron chi connectivity index (χ0n) is 21.4. The lowest BCUT2D eigenvalue weighted by Crippen LogP contribution is -2.63. The summed E-state index contributed by atoms with van der Waals surface area (Å²) in [6.07, 6.45) is -6.57. The fraction of sp³-hybridized carbons (Fsp3) is 0.440. The molecule has 0 spiro atoms. The normalized spacial score (nSPS) is 22.5. The molecule has 0 unspecified atom stereocenters. The van der Waals surface area contributed by atoms with Crippen molar-refractivity contribution in [3.63, 3.8) is 0 Å². The van der Waals surface area contributed by atoms with Gasteiger partial charge in [-0.15, -0.1) is 10.2 Å². The van der Waals surface area contributed by atoms with E-state index < -0.39 is 54.6 Å². The van der Waals surface area contributed by atoms with Gasteiger partial charge in [-0.25, -0.2) is 0 Å². The predicted octanol–water partition coefficient (Wildman–Crippen LogP) is 1.61. The van der Waals surface area contributed by atoms with Gasteiger partial charge < -0.3 is 33.2 Å². The van der Waals surface area contributed by atoms with E-state index in [4.69, 9.17) is 33.2 Å². The van der Waals surface area contributed by atoms with Crippen LogP contribution < -0.4 is 9.47 Å². The Morgan fingerprint density at radius 3 is 1.89 bits per heavy atom. The third-order valence-electron chi connectivity index (χ3n) is 5.21. The van der Waals surface area contributed by atoms with E-state index in [2.05, 4.69) is 10.2 Å². The second-order valence-corrected chi connectivity index (χ2v) is 8.17. The molecule has 0 bridgehead atoms. The van der Waals surface area contributed by atoms with Crippen LogP contribution in [0, 0.1) is 0 Å². The molecule has 1 aliphatic heterocycles. The molecule has 2 heterocycles. The molecular formula is C25H28N2O11. The number of methoxy groups -OCH3 is 1. The molecule has 1 saturated heterocycles. The lowest BCUT2D eigenvalue weighted by atomic mass is 9.98. The third kappa shape index (κ3) is 7.62. The molecule has 1 aromatic heterocycles.